The van der Waals surface area contributed by atoms with Crippen molar-refractivity contribution in [1.29, 1.82) is 0 Å². The quantitative estimate of drug-likeness (QED) is 0.495. The lowest BCUT2D eigenvalue weighted by Crippen LogP contribution is -2.39. The standard InChI is InChI=1S/C23H40N4O/c1-6-24-22(25-14-11-18-12-15-27(5)16-13-18)26-17-21(28)19-7-9-20(10-8-19)23(2,3)4/h7-10,18,21,28H,6,11-17H2,1-5H3,(H2,24,25,26). The molecule has 5 heteroatoms. The Morgan fingerprint density at radius 2 is 1.82 bits per heavy atom. The van der Waals surface area contributed by atoms with Gasteiger partial charge in [0.2, 0.25) is 0 Å². The fraction of sp³-hybridized carbons (Fsp3) is 0.696. The summed E-state index contributed by atoms with van der Waals surface area (Å²) in [4.78, 5) is 7.00. The van der Waals surface area contributed by atoms with Crippen LogP contribution in [-0.2, 0) is 5.41 Å². The van der Waals surface area contributed by atoms with E-state index in [2.05, 4.69) is 67.4 Å². The Balaban J connectivity index is 1.83. The third-order valence-electron chi connectivity index (χ3n) is 5.61. The van der Waals surface area contributed by atoms with Gasteiger partial charge in [-0.3, -0.25) is 4.99 Å². The minimum atomic E-state index is -0.585. The smallest absolute Gasteiger partial charge is 0.191 e. The number of aliphatic imine (C=N–C) groups is 1. The van der Waals surface area contributed by atoms with Gasteiger partial charge in [0.15, 0.2) is 5.96 Å². The van der Waals surface area contributed by atoms with Gasteiger partial charge in [-0.15, -0.1) is 0 Å². The number of aliphatic hydroxyl groups excluding tert-OH is 1. The van der Waals surface area contributed by atoms with E-state index < -0.39 is 6.10 Å². The van der Waals surface area contributed by atoms with Gasteiger partial charge in [0.05, 0.1) is 12.6 Å². The zero-order valence-electron chi connectivity index (χ0n) is 18.5. The number of rotatable bonds is 7. The highest BCUT2D eigenvalue weighted by molar-refractivity contribution is 5.79. The first-order valence-electron chi connectivity index (χ1n) is 10.8. The number of hydrogen-bond acceptors (Lipinski definition) is 3. The van der Waals surface area contributed by atoms with Gasteiger partial charge in [-0.2, -0.15) is 0 Å². The molecule has 0 aliphatic carbocycles. The molecular weight excluding hydrogens is 348 g/mol. The maximum absolute atomic E-state index is 10.5. The summed E-state index contributed by atoms with van der Waals surface area (Å²) in [6.07, 6.45) is 3.16. The molecule has 0 spiro atoms. The van der Waals surface area contributed by atoms with E-state index in [0.29, 0.717) is 6.54 Å². The number of nitrogens with zero attached hydrogens (tertiary/aromatic N) is 2. The van der Waals surface area contributed by atoms with Crippen LogP contribution in [0.1, 0.15) is 64.2 Å². The zero-order chi connectivity index (χ0) is 20.6. The fourth-order valence-electron chi connectivity index (χ4n) is 3.58. The van der Waals surface area contributed by atoms with Gasteiger partial charge >= 0.3 is 0 Å². The molecule has 1 unspecified atom stereocenters. The Morgan fingerprint density at radius 3 is 2.39 bits per heavy atom. The van der Waals surface area contributed by atoms with Crippen molar-refractivity contribution >= 4 is 5.96 Å². The molecule has 2 rings (SSSR count). The van der Waals surface area contributed by atoms with Crippen molar-refractivity contribution < 1.29 is 5.11 Å². The predicted molar refractivity (Wildman–Crippen MR) is 119 cm³/mol. The van der Waals surface area contributed by atoms with Gasteiger partial charge in [-0.1, -0.05) is 45.0 Å². The van der Waals surface area contributed by atoms with E-state index in [1.54, 1.807) is 0 Å². The molecular formula is C23H40N4O. The second-order valence-electron chi connectivity index (χ2n) is 9.07. The largest absolute Gasteiger partial charge is 0.386 e. The average molecular weight is 389 g/mol. The molecule has 0 aromatic heterocycles. The summed E-state index contributed by atoms with van der Waals surface area (Å²) in [7, 11) is 2.20. The first kappa shape index (κ1) is 22.7. The monoisotopic (exact) mass is 388 g/mol. The van der Waals surface area contributed by atoms with E-state index >= 15 is 0 Å². The number of aliphatic hydroxyl groups is 1. The normalized spacial score (nSPS) is 18.1. The first-order valence-corrected chi connectivity index (χ1v) is 10.8. The highest BCUT2D eigenvalue weighted by atomic mass is 16.3. The van der Waals surface area contributed by atoms with E-state index in [0.717, 1.165) is 30.5 Å². The third kappa shape index (κ3) is 7.44. The van der Waals surface area contributed by atoms with Crippen LogP contribution in [0.4, 0.5) is 0 Å². The molecule has 3 N–H and O–H groups in total. The van der Waals surface area contributed by atoms with E-state index in [-0.39, 0.29) is 5.41 Å². The second kappa shape index (κ2) is 10.8. The Morgan fingerprint density at radius 1 is 1.18 bits per heavy atom. The molecule has 1 atom stereocenters. The molecule has 0 saturated carbocycles. The maximum atomic E-state index is 10.5. The van der Waals surface area contributed by atoms with Crippen LogP contribution in [-0.4, -0.2) is 55.7 Å². The number of benzene rings is 1. The van der Waals surface area contributed by atoms with E-state index in [1.807, 2.05) is 12.1 Å². The van der Waals surface area contributed by atoms with E-state index in [9.17, 15) is 5.11 Å². The number of likely N-dealkylation sites (tertiary alicyclic amines) is 1. The van der Waals surface area contributed by atoms with Crippen LogP contribution in [0.5, 0.6) is 0 Å². The summed E-state index contributed by atoms with van der Waals surface area (Å²) in [5.74, 6) is 1.60. The topological polar surface area (TPSA) is 59.9 Å². The summed E-state index contributed by atoms with van der Waals surface area (Å²) >= 11 is 0. The number of guanidine groups is 1. The average Bonchev–Trinajstić information content (AvgIpc) is 2.67. The SMILES string of the molecule is CCNC(=NCC(O)c1ccc(C(C)(C)C)cc1)NCCC1CCN(C)CC1. The van der Waals surface area contributed by atoms with Crippen LogP contribution < -0.4 is 10.6 Å². The Labute approximate surface area is 171 Å². The van der Waals surface area contributed by atoms with Crippen molar-refractivity contribution in [3.05, 3.63) is 35.4 Å². The summed E-state index contributed by atoms with van der Waals surface area (Å²) in [5.41, 5.74) is 2.31. The molecule has 0 bridgehead atoms. The van der Waals surface area contributed by atoms with Crippen molar-refractivity contribution in [3.63, 3.8) is 0 Å². The summed E-state index contributed by atoms with van der Waals surface area (Å²) in [6, 6.07) is 8.24. The molecule has 0 amide bonds. The molecule has 1 saturated heterocycles. The van der Waals surface area contributed by atoms with Crippen LogP contribution >= 0.6 is 0 Å². The zero-order valence-corrected chi connectivity index (χ0v) is 18.5. The molecule has 1 aromatic carbocycles. The molecule has 28 heavy (non-hydrogen) atoms. The third-order valence-corrected chi connectivity index (χ3v) is 5.61. The minimum absolute atomic E-state index is 0.123. The van der Waals surface area contributed by atoms with Crippen molar-refractivity contribution in [3.8, 4) is 0 Å². The lowest BCUT2D eigenvalue weighted by Gasteiger charge is -2.29. The minimum Gasteiger partial charge on any atom is -0.386 e. The lowest BCUT2D eigenvalue weighted by atomic mass is 9.86. The van der Waals surface area contributed by atoms with E-state index in [1.165, 1.54) is 37.9 Å². The van der Waals surface area contributed by atoms with Gasteiger partial charge in [0, 0.05) is 13.1 Å². The van der Waals surface area contributed by atoms with Crippen molar-refractivity contribution in [1.82, 2.24) is 15.5 Å². The van der Waals surface area contributed by atoms with Crippen molar-refractivity contribution in [2.75, 3.05) is 39.8 Å². The van der Waals surface area contributed by atoms with Crippen molar-refractivity contribution in [2.45, 2.75) is 58.5 Å². The van der Waals surface area contributed by atoms with Gasteiger partial charge in [-0.25, -0.2) is 0 Å². The maximum Gasteiger partial charge on any atom is 0.191 e. The van der Waals surface area contributed by atoms with Crippen LogP contribution in [0.15, 0.2) is 29.3 Å². The number of nitrogens with one attached hydrogen (secondary N) is 2. The summed E-state index contributed by atoms with van der Waals surface area (Å²) in [6.45, 7) is 13.2. The first-order chi connectivity index (χ1) is 13.3. The Hall–Kier alpha value is -1.59. The second-order valence-corrected chi connectivity index (χ2v) is 9.07. The van der Waals surface area contributed by atoms with Crippen LogP contribution in [0.3, 0.4) is 0 Å². The summed E-state index contributed by atoms with van der Waals surface area (Å²) in [5, 5.41) is 17.2. The molecule has 158 valence electrons. The highest BCUT2D eigenvalue weighted by Gasteiger charge is 2.17. The van der Waals surface area contributed by atoms with Crippen LogP contribution in [0.2, 0.25) is 0 Å². The molecule has 1 aromatic rings. The Kier molecular flexibility index (Phi) is 8.77. The molecule has 1 aliphatic rings. The van der Waals surface area contributed by atoms with Gasteiger partial charge in [-0.05, 0) is 68.8 Å². The van der Waals surface area contributed by atoms with Gasteiger partial charge in [0.25, 0.3) is 0 Å². The highest BCUT2D eigenvalue weighted by Crippen LogP contribution is 2.24. The van der Waals surface area contributed by atoms with E-state index in [4.69, 9.17) is 0 Å². The van der Waals surface area contributed by atoms with Crippen LogP contribution in [0.25, 0.3) is 0 Å². The molecule has 1 fully saturated rings. The molecule has 1 aliphatic heterocycles. The number of piperidine rings is 1. The summed E-state index contributed by atoms with van der Waals surface area (Å²) < 4.78 is 0. The van der Waals surface area contributed by atoms with Gasteiger partial charge in [0.1, 0.15) is 0 Å². The number of hydrogen-bond donors (Lipinski definition) is 3. The molecule has 1 heterocycles. The fourth-order valence-corrected chi connectivity index (χ4v) is 3.58. The molecule has 5 nitrogen and oxygen atoms in total. The molecule has 0 radical (unpaired) electrons. The van der Waals surface area contributed by atoms with Crippen molar-refractivity contribution in [2.24, 2.45) is 10.9 Å². The van der Waals surface area contributed by atoms with Crippen LogP contribution in [0, 0.1) is 5.92 Å². The predicted octanol–water partition coefficient (Wildman–Crippen LogP) is 3.30. The van der Waals surface area contributed by atoms with Gasteiger partial charge < -0.3 is 20.6 Å². The Bertz CT molecular complexity index is 598. The lowest BCUT2D eigenvalue weighted by molar-refractivity contribution is 0.187.